The molecule has 0 aliphatic carbocycles. The van der Waals surface area contributed by atoms with Gasteiger partial charge in [0.05, 0.1) is 12.0 Å². The second-order valence-corrected chi connectivity index (χ2v) is 8.88. The molecule has 7 nitrogen and oxygen atoms in total. The standard InChI is InChI=1S/C27H24N2O5S/c1-18-3-5-20(6-4-18)17-34-23-11-7-19(8-12-23)15-24-26(31)29(27(32)35-24)16-25(30)28-21-9-13-22(33-2)14-10-21/h3-15H,16-17H2,1-2H3,(H,28,30)/b24-15+. The zero-order valence-electron chi connectivity index (χ0n) is 19.3. The van der Waals surface area contributed by atoms with Crippen LogP contribution in [0.5, 0.6) is 11.5 Å². The van der Waals surface area contributed by atoms with Crippen molar-refractivity contribution in [1.82, 2.24) is 4.90 Å². The number of nitrogens with one attached hydrogen (secondary N) is 1. The van der Waals surface area contributed by atoms with Gasteiger partial charge in [0.1, 0.15) is 24.7 Å². The van der Waals surface area contributed by atoms with Gasteiger partial charge in [0.25, 0.3) is 11.1 Å². The number of thioether (sulfide) groups is 1. The monoisotopic (exact) mass is 488 g/mol. The maximum absolute atomic E-state index is 12.7. The first-order valence-electron chi connectivity index (χ1n) is 10.9. The van der Waals surface area contributed by atoms with E-state index >= 15 is 0 Å². The topological polar surface area (TPSA) is 84.9 Å². The van der Waals surface area contributed by atoms with Gasteiger partial charge < -0.3 is 14.8 Å². The fraction of sp³-hybridized carbons (Fsp3) is 0.148. The van der Waals surface area contributed by atoms with Gasteiger partial charge in [-0.25, -0.2) is 0 Å². The van der Waals surface area contributed by atoms with Crippen LogP contribution < -0.4 is 14.8 Å². The number of hydrogen-bond acceptors (Lipinski definition) is 6. The summed E-state index contributed by atoms with van der Waals surface area (Å²) < 4.78 is 10.9. The molecular formula is C27H24N2O5S. The molecule has 0 aromatic heterocycles. The van der Waals surface area contributed by atoms with E-state index in [1.54, 1.807) is 37.5 Å². The van der Waals surface area contributed by atoms with Crippen LogP contribution in [0.3, 0.4) is 0 Å². The van der Waals surface area contributed by atoms with Crippen LogP contribution in [0.15, 0.2) is 77.7 Å². The number of anilines is 1. The molecule has 1 N–H and O–H groups in total. The second kappa shape index (κ2) is 10.9. The SMILES string of the molecule is COc1ccc(NC(=O)CN2C(=O)S/C(=C/c3ccc(OCc4ccc(C)cc4)cc3)C2=O)cc1. The molecule has 0 saturated carbocycles. The Kier molecular flexibility index (Phi) is 7.52. The summed E-state index contributed by atoms with van der Waals surface area (Å²) in [4.78, 5) is 38.7. The summed E-state index contributed by atoms with van der Waals surface area (Å²) in [6.45, 7) is 2.13. The smallest absolute Gasteiger partial charge is 0.294 e. The zero-order valence-corrected chi connectivity index (χ0v) is 20.1. The third-order valence-corrected chi connectivity index (χ3v) is 6.16. The summed E-state index contributed by atoms with van der Waals surface area (Å²) >= 11 is 0.813. The van der Waals surface area contributed by atoms with E-state index in [4.69, 9.17) is 9.47 Å². The molecule has 0 spiro atoms. The van der Waals surface area contributed by atoms with E-state index < -0.39 is 17.1 Å². The van der Waals surface area contributed by atoms with Crippen LogP contribution in [0.4, 0.5) is 10.5 Å². The third-order valence-electron chi connectivity index (χ3n) is 5.25. The molecule has 1 heterocycles. The molecule has 0 radical (unpaired) electrons. The Morgan fingerprint density at radius 2 is 1.60 bits per heavy atom. The Hall–Kier alpha value is -4.04. The predicted molar refractivity (Wildman–Crippen MR) is 136 cm³/mol. The molecule has 35 heavy (non-hydrogen) atoms. The fourth-order valence-corrected chi connectivity index (χ4v) is 4.16. The van der Waals surface area contributed by atoms with Crippen LogP contribution in [0, 0.1) is 6.92 Å². The van der Waals surface area contributed by atoms with Gasteiger partial charge in [0, 0.05) is 5.69 Å². The maximum atomic E-state index is 12.7. The van der Waals surface area contributed by atoms with Crippen LogP contribution in [-0.4, -0.2) is 35.6 Å². The van der Waals surface area contributed by atoms with E-state index in [0.717, 1.165) is 27.8 Å². The lowest BCUT2D eigenvalue weighted by molar-refractivity contribution is -0.127. The van der Waals surface area contributed by atoms with Gasteiger partial charge in [-0.2, -0.15) is 0 Å². The highest BCUT2D eigenvalue weighted by molar-refractivity contribution is 8.18. The van der Waals surface area contributed by atoms with E-state index in [-0.39, 0.29) is 11.4 Å². The highest BCUT2D eigenvalue weighted by Crippen LogP contribution is 2.32. The van der Waals surface area contributed by atoms with E-state index in [1.807, 2.05) is 55.5 Å². The number of amides is 3. The molecule has 4 rings (SSSR count). The molecule has 0 unspecified atom stereocenters. The van der Waals surface area contributed by atoms with Gasteiger partial charge >= 0.3 is 0 Å². The van der Waals surface area contributed by atoms with Gasteiger partial charge in [-0.05, 0) is 72.3 Å². The number of imide groups is 1. The summed E-state index contributed by atoms with van der Waals surface area (Å²) in [5.74, 6) is 0.398. The van der Waals surface area contributed by atoms with Gasteiger partial charge in [-0.3, -0.25) is 19.3 Å². The lowest BCUT2D eigenvalue weighted by Crippen LogP contribution is -2.36. The molecule has 0 atom stereocenters. The van der Waals surface area contributed by atoms with Crippen LogP contribution in [0.1, 0.15) is 16.7 Å². The Balaban J connectivity index is 1.34. The van der Waals surface area contributed by atoms with Crippen molar-refractivity contribution in [2.75, 3.05) is 19.0 Å². The Labute approximate surface area is 207 Å². The average Bonchev–Trinajstić information content (AvgIpc) is 3.12. The summed E-state index contributed by atoms with van der Waals surface area (Å²) in [5, 5.41) is 2.19. The van der Waals surface area contributed by atoms with Crippen LogP contribution in [0.2, 0.25) is 0 Å². The molecule has 1 aliphatic heterocycles. The summed E-state index contributed by atoms with van der Waals surface area (Å²) in [7, 11) is 1.55. The number of carbonyl (C=O) groups excluding carboxylic acids is 3. The minimum absolute atomic E-state index is 0.264. The van der Waals surface area contributed by atoms with Crippen molar-refractivity contribution in [2.24, 2.45) is 0 Å². The Morgan fingerprint density at radius 3 is 2.26 bits per heavy atom. The molecule has 3 aromatic rings. The zero-order chi connectivity index (χ0) is 24.8. The van der Waals surface area contributed by atoms with Crippen molar-refractivity contribution in [1.29, 1.82) is 0 Å². The normalized spacial score (nSPS) is 14.3. The molecule has 3 amide bonds. The van der Waals surface area contributed by atoms with E-state index in [9.17, 15) is 14.4 Å². The first-order valence-corrected chi connectivity index (χ1v) is 11.7. The van der Waals surface area contributed by atoms with Gasteiger partial charge in [-0.15, -0.1) is 0 Å². The quantitative estimate of drug-likeness (QED) is 0.436. The van der Waals surface area contributed by atoms with E-state index in [1.165, 1.54) is 5.56 Å². The molecule has 1 fully saturated rings. The maximum Gasteiger partial charge on any atom is 0.294 e. The predicted octanol–water partition coefficient (Wildman–Crippen LogP) is 5.26. The summed E-state index contributed by atoms with van der Waals surface area (Å²) in [5.41, 5.74) is 3.56. The molecule has 1 saturated heterocycles. The molecular weight excluding hydrogens is 464 g/mol. The largest absolute Gasteiger partial charge is 0.497 e. The third kappa shape index (κ3) is 6.30. The number of aryl methyl sites for hydroxylation is 1. The summed E-state index contributed by atoms with van der Waals surface area (Å²) in [6, 6.07) is 22.2. The highest BCUT2D eigenvalue weighted by Gasteiger charge is 2.36. The number of rotatable bonds is 8. The summed E-state index contributed by atoms with van der Waals surface area (Å²) in [6.07, 6.45) is 1.63. The number of carbonyl (C=O) groups is 3. The number of ether oxygens (including phenoxy) is 2. The van der Waals surface area contributed by atoms with Crippen molar-refractivity contribution < 1.29 is 23.9 Å². The van der Waals surface area contributed by atoms with Crippen LogP contribution in [-0.2, 0) is 16.2 Å². The number of benzene rings is 3. The van der Waals surface area contributed by atoms with Crippen molar-refractivity contribution in [2.45, 2.75) is 13.5 Å². The van der Waals surface area contributed by atoms with Crippen molar-refractivity contribution >= 4 is 40.6 Å². The lowest BCUT2D eigenvalue weighted by Gasteiger charge is -2.12. The van der Waals surface area contributed by atoms with Crippen molar-refractivity contribution in [3.8, 4) is 11.5 Å². The first kappa shape index (κ1) is 24.1. The minimum atomic E-state index is -0.496. The lowest BCUT2D eigenvalue weighted by atomic mass is 10.1. The first-order chi connectivity index (χ1) is 16.9. The molecule has 178 valence electrons. The van der Waals surface area contributed by atoms with Gasteiger partial charge in [0.15, 0.2) is 0 Å². The van der Waals surface area contributed by atoms with Crippen molar-refractivity contribution in [3.05, 3.63) is 94.4 Å². The highest BCUT2D eigenvalue weighted by atomic mass is 32.2. The van der Waals surface area contributed by atoms with Crippen LogP contribution >= 0.6 is 11.8 Å². The van der Waals surface area contributed by atoms with Crippen molar-refractivity contribution in [3.63, 3.8) is 0 Å². The molecule has 3 aromatic carbocycles. The average molecular weight is 489 g/mol. The van der Waals surface area contributed by atoms with E-state index in [2.05, 4.69) is 5.32 Å². The molecule has 8 heteroatoms. The Morgan fingerprint density at radius 1 is 0.943 bits per heavy atom. The van der Waals surface area contributed by atoms with Gasteiger partial charge in [0.2, 0.25) is 5.91 Å². The van der Waals surface area contributed by atoms with Crippen LogP contribution in [0.25, 0.3) is 6.08 Å². The Bertz CT molecular complexity index is 1250. The number of methoxy groups -OCH3 is 1. The minimum Gasteiger partial charge on any atom is -0.497 e. The van der Waals surface area contributed by atoms with E-state index in [0.29, 0.717) is 23.8 Å². The second-order valence-electron chi connectivity index (χ2n) is 7.89. The molecule has 1 aliphatic rings. The number of hydrogen-bond donors (Lipinski definition) is 1. The fourth-order valence-electron chi connectivity index (χ4n) is 3.32. The van der Waals surface area contributed by atoms with Gasteiger partial charge in [-0.1, -0.05) is 42.0 Å². The molecule has 0 bridgehead atoms. The number of nitrogens with zero attached hydrogens (tertiary/aromatic N) is 1.